The molecule has 164 valence electrons. The highest BCUT2D eigenvalue weighted by Crippen LogP contribution is 2.46. The molecule has 3 unspecified atom stereocenters. The number of benzene rings is 1. The SMILES string of the molecule is CCOC(=O)C(C)NP(=O)(NC(C)C(=O)O)Oc1c(C(C)C)cccc1C(C)C. The van der Waals surface area contributed by atoms with Gasteiger partial charge >= 0.3 is 19.6 Å². The molecule has 0 aromatic heterocycles. The fourth-order valence-corrected chi connectivity index (χ4v) is 4.58. The maximum absolute atomic E-state index is 13.7. The third-order valence-electron chi connectivity index (χ3n) is 4.28. The number of aliphatic carboxylic acids is 1. The van der Waals surface area contributed by atoms with Crippen LogP contribution in [0.3, 0.4) is 0 Å². The summed E-state index contributed by atoms with van der Waals surface area (Å²) in [5, 5.41) is 14.4. The normalized spacial score (nSPS) is 15.6. The minimum absolute atomic E-state index is 0.0801. The summed E-state index contributed by atoms with van der Waals surface area (Å²) in [4.78, 5) is 23.4. The van der Waals surface area contributed by atoms with Crippen LogP contribution >= 0.6 is 7.67 Å². The third-order valence-corrected chi connectivity index (χ3v) is 6.17. The fraction of sp³-hybridized carbons (Fsp3) is 0.600. The molecular formula is C20H33N2O6P. The quantitative estimate of drug-likeness (QED) is 0.358. The number of carboxylic acid groups (broad SMARTS) is 1. The highest BCUT2D eigenvalue weighted by Gasteiger charge is 2.35. The Morgan fingerprint density at radius 2 is 1.48 bits per heavy atom. The van der Waals surface area contributed by atoms with E-state index in [-0.39, 0.29) is 18.4 Å². The first-order chi connectivity index (χ1) is 13.4. The van der Waals surface area contributed by atoms with Gasteiger partial charge in [0, 0.05) is 0 Å². The van der Waals surface area contributed by atoms with Gasteiger partial charge in [-0.3, -0.25) is 9.59 Å². The first-order valence-corrected chi connectivity index (χ1v) is 11.4. The molecule has 1 aromatic rings. The minimum atomic E-state index is -4.00. The van der Waals surface area contributed by atoms with Gasteiger partial charge in [0.05, 0.1) is 6.61 Å². The largest absolute Gasteiger partial charge is 0.480 e. The molecule has 0 aliphatic heterocycles. The van der Waals surface area contributed by atoms with Crippen LogP contribution in [0.5, 0.6) is 5.75 Å². The van der Waals surface area contributed by atoms with Crippen LogP contribution in [0.25, 0.3) is 0 Å². The van der Waals surface area contributed by atoms with Crippen LogP contribution < -0.4 is 14.7 Å². The average molecular weight is 428 g/mol. The van der Waals surface area contributed by atoms with Gasteiger partial charge in [0.25, 0.3) is 0 Å². The second-order valence-corrected chi connectivity index (χ2v) is 9.31. The molecule has 0 spiro atoms. The topological polar surface area (TPSA) is 114 Å². The van der Waals surface area contributed by atoms with Crippen LogP contribution in [0, 0.1) is 0 Å². The van der Waals surface area contributed by atoms with Gasteiger partial charge in [0.15, 0.2) is 0 Å². The lowest BCUT2D eigenvalue weighted by molar-refractivity contribution is -0.144. The average Bonchev–Trinajstić information content (AvgIpc) is 2.61. The number of hydrogen-bond acceptors (Lipinski definition) is 5. The summed E-state index contributed by atoms with van der Waals surface area (Å²) in [7, 11) is -4.00. The van der Waals surface area contributed by atoms with Crippen molar-refractivity contribution < 1.29 is 28.5 Å². The molecule has 0 heterocycles. The van der Waals surface area contributed by atoms with Gasteiger partial charge in [-0.1, -0.05) is 45.9 Å². The standard InChI is InChI=1S/C20H33N2O6P/c1-8-27-20(25)15(7)22-29(26,21-14(6)19(23)24)28-18-16(12(2)3)10-9-11-17(18)13(4)5/h9-15H,8H2,1-7H3,(H,23,24)(H2,21,22,26). The zero-order valence-corrected chi connectivity index (χ0v) is 19.1. The number of para-hydroxylation sites is 1. The lowest BCUT2D eigenvalue weighted by atomic mass is 9.94. The van der Waals surface area contributed by atoms with E-state index in [9.17, 15) is 19.3 Å². The van der Waals surface area contributed by atoms with Crippen molar-refractivity contribution >= 4 is 19.6 Å². The van der Waals surface area contributed by atoms with E-state index >= 15 is 0 Å². The summed E-state index contributed by atoms with van der Waals surface area (Å²) in [6.45, 7) is 12.6. The van der Waals surface area contributed by atoms with Gasteiger partial charge in [-0.15, -0.1) is 0 Å². The summed E-state index contributed by atoms with van der Waals surface area (Å²) in [6.07, 6.45) is 0. The molecule has 3 N–H and O–H groups in total. The lowest BCUT2D eigenvalue weighted by Gasteiger charge is -2.28. The summed E-state index contributed by atoms with van der Waals surface area (Å²) in [5.74, 6) is -1.22. The molecule has 1 aromatic carbocycles. The molecule has 0 amide bonds. The van der Waals surface area contributed by atoms with E-state index in [1.807, 2.05) is 45.9 Å². The minimum Gasteiger partial charge on any atom is -0.480 e. The molecule has 8 nitrogen and oxygen atoms in total. The van der Waals surface area contributed by atoms with Crippen LogP contribution in [-0.4, -0.2) is 35.7 Å². The van der Waals surface area contributed by atoms with E-state index in [2.05, 4.69) is 10.2 Å². The van der Waals surface area contributed by atoms with E-state index in [0.717, 1.165) is 11.1 Å². The molecule has 0 radical (unpaired) electrons. The van der Waals surface area contributed by atoms with Gasteiger partial charge in [-0.2, -0.15) is 0 Å². The Hall–Kier alpha value is -1.89. The Bertz CT molecular complexity index is 739. The van der Waals surface area contributed by atoms with E-state index in [1.165, 1.54) is 13.8 Å². The summed E-state index contributed by atoms with van der Waals surface area (Å²) in [6, 6.07) is 3.53. The van der Waals surface area contributed by atoms with Crippen LogP contribution in [0.1, 0.15) is 71.4 Å². The second-order valence-electron chi connectivity index (χ2n) is 7.51. The Morgan fingerprint density at radius 3 is 1.90 bits per heavy atom. The molecule has 3 atom stereocenters. The Labute approximate surface area is 172 Å². The van der Waals surface area contributed by atoms with Gasteiger partial charge in [-0.25, -0.2) is 14.7 Å². The number of rotatable bonds is 11. The molecule has 29 heavy (non-hydrogen) atoms. The fourth-order valence-electron chi connectivity index (χ4n) is 2.69. The molecule has 0 saturated heterocycles. The van der Waals surface area contributed by atoms with Crippen LogP contribution in [0.4, 0.5) is 0 Å². The molecule has 1 rings (SSSR count). The van der Waals surface area contributed by atoms with E-state index in [1.54, 1.807) is 6.92 Å². The predicted molar refractivity (Wildman–Crippen MR) is 112 cm³/mol. The maximum Gasteiger partial charge on any atom is 0.391 e. The van der Waals surface area contributed by atoms with Crippen molar-refractivity contribution in [2.75, 3.05) is 6.61 Å². The van der Waals surface area contributed by atoms with E-state index in [0.29, 0.717) is 5.75 Å². The van der Waals surface area contributed by atoms with Crippen molar-refractivity contribution in [2.24, 2.45) is 0 Å². The van der Waals surface area contributed by atoms with Gasteiger partial charge in [0.1, 0.15) is 17.8 Å². The van der Waals surface area contributed by atoms with Crippen molar-refractivity contribution in [3.05, 3.63) is 29.3 Å². The van der Waals surface area contributed by atoms with Gasteiger partial charge in [-0.05, 0) is 43.7 Å². The Balaban J connectivity index is 3.40. The predicted octanol–water partition coefficient (Wildman–Crippen LogP) is 4.02. The number of carbonyl (C=O) groups excluding carboxylic acids is 1. The number of nitrogens with one attached hydrogen (secondary N) is 2. The lowest BCUT2D eigenvalue weighted by Crippen LogP contribution is -2.42. The highest BCUT2D eigenvalue weighted by molar-refractivity contribution is 7.55. The molecule has 0 aliphatic carbocycles. The molecule has 0 fully saturated rings. The summed E-state index contributed by atoms with van der Waals surface area (Å²) >= 11 is 0. The van der Waals surface area contributed by atoms with Crippen molar-refractivity contribution in [3.8, 4) is 5.75 Å². The van der Waals surface area contributed by atoms with Crippen molar-refractivity contribution in [2.45, 2.75) is 72.4 Å². The Morgan fingerprint density at radius 1 is 1.00 bits per heavy atom. The zero-order valence-electron chi connectivity index (χ0n) is 18.2. The maximum atomic E-state index is 13.7. The molecule has 0 bridgehead atoms. The van der Waals surface area contributed by atoms with Crippen molar-refractivity contribution in [3.63, 3.8) is 0 Å². The van der Waals surface area contributed by atoms with E-state index < -0.39 is 31.7 Å². The monoisotopic (exact) mass is 428 g/mol. The number of esters is 1. The summed E-state index contributed by atoms with van der Waals surface area (Å²) in [5.41, 5.74) is 1.68. The first kappa shape index (κ1) is 25.1. The van der Waals surface area contributed by atoms with Crippen LogP contribution in [0.15, 0.2) is 18.2 Å². The first-order valence-electron chi connectivity index (χ1n) is 9.79. The van der Waals surface area contributed by atoms with Gasteiger partial charge < -0.3 is 14.4 Å². The van der Waals surface area contributed by atoms with Crippen LogP contribution in [0.2, 0.25) is 0 Å². The molecule has 0 aliphatic rings. The van der Waals surface area contributed by atoms with Crippen molar-refractivity contribution in [1.29, 1.82) is 0 Å². The van der Waals surface area contributed by atoms with Crippen molar-refractivity contribution in [1.82, 2.24) is 10.2 Å². The van der Waals surface area contributed by atoms with Gasteiger partial charge in [0.2, 0.25) is 0 Å². The second kappa shape index (κ2) is 10.8. The highest BCUT2D eigenvalue weighted by atomic mass is 31.2. The number of hydrogen-bond donors (Lipinski definition) is 3. The number of carboxylic acids is 1. The molecule has 9 heteroatoms. The zero-order chi connectivity index (χ0) is 22.4. The van der Waals surface area contributed by atoms with E-state index in [4.69, 9.17) is 9.26 Å². The Kier molecular flexibility index (Phi) is 9.33. The third kappa shape index (κ3) is 7.14. The molecular weight excluding hydrogens is 395 g/mol. The van der Waals surface area contributed by atoms with Crippen LogP contribution in [-0.2, 0) is 18.9 Å². The number of carbonyl (C=O) groups is 2. The smallest absolute Gasteiger partial charge is 0.391 e. The number of ether oxygens (including phenoxy) is 1. The summed E-state index contributed by atoms with van der Waals surface area (Å²) < 4.78 is 24.6. The molecule has 0 saturated carbocycles.